The van der Waals surface area contributed by atoms with E-state index in [4.69, 9.17) is 0 Å². The Morgan fingerprint density at radius 2 is 1.80 bits per heavy atom. The first-order valence-corrected chi connectivity index (χ1v) is 10.0. The van der Waals surface area contributed by atoms with Gasteiger partial charge in [0.1, 0.15) is 0 Å². The largest absolute Gasteiger partial charge is 0.348 e. The SMILES string of the molecule is Cc1ccc(C)c(N2C(=O)c3ccc(C(=O)NC4CCCNC4C)cc3C2=O)c1.Cl. The molecular weight excluding hydrogens is 402 g/mol. The molecule has 0 bridgehead atoms. The molecule has 2 unspecified atom stereocenters. The zero-order valence-corrected chi connectivity index (χ0v) is 18.1. The number of piperidine rings is 1. The molecule has 0 spiro atoms. The molecule has 158 valence electrons. The van der Waals surface area contributed by atoms with Gasteiger partial charge < -0.3 is 10.6 Å². The number of hydrogen-bond donors (Lipinski definition) is 2. The monoisotopic (exact) mass is 427 g/mol. The van der Waals surface area contributed by atoms with Crippen LogP contribution < -0.4 is 15.5 Å². The highest BCUT2D eigenvalue weighted by Gasteiger charge is 2.38. The Bertz CT molecular complexity index is 1020. The number of imide groups is 1. The summed E-state index contributed by atoms with van der Waals surface area (Å²) >= 11 is 0. The molecule has 3 amide bonds. The first-order valence-electron chi connectivity index (χ1n) is 10.0. The third-order valence-electron chi connectivity index (χ3n) is 5.83. The number of benzene rings is 2. The molecule has 6 nitrogen and oxygen atoms in total. The third-order valence-corrected chi connectivity index (χ3v) is 5.83. The number of aryl methyl sites for hydroxylation is 2. The van der Waals surface area contributed by atoms with Crippen molar-refractivity contribution in [3.63, 3.8) is 0 Å². The molecule has 2 atom stereocenters. The van der Waals surface area contributed by atoms with E-state index in [0.717, 1.165) is 30.5 Å². The molecule has 2 N–H and O–H groups in total. The summed E-state index contributed by atoms with van der Waals surface area (Å²) in [6, 6.07) is 10.7. The Morgan fingerprint density at radius 3 is 2.53 bits per heavy atom. The number of nitrogens with zero attached hydrogens (tertiary/aromatic N) is 1. The number of anilines is 1. The first-order chi connectivity index (χ1) is 13.9. The number of carbonyl (C=O) groups excluding carboxylic acids is 3. The van der Waals surface area contributed by atoms with Crippen LogP contribution >= 0.6 is 12.4 Å². The van der Waals surface area contributed by atoms with E-state index in [9.17, 15) is 14.4 Å². The van der Waals surface area contributed by atoms with Crippen LogP contribution in [0.2, 0.25) is 0 Å². The summed E-state index contributed by atoms with van der Waals surface area (Å²) in [7, 11) is 0. The van der Waals surface area contributed by atoms with E-state index < -0.39 is 0 Å². The summed E-state index contributed by atoms with van der Waals surface area (Å²) in [6.45, 7) is 6.80. The van der Waals surface area contributed by atoms with E-state index in [1.54, 1.807) is 12.1 Å². The molecule has 30 heavy (non-hydrogen) atoms. The molecule has 1 saturated heterocycles. The molecule has 0 radical (unpaired) electrons. The van der Waals surface area contributed by atoms with E-state index in [-0.39, 0.29) is 47.8 Å². The highest BCUT2D eigenvalue weighted by Crippen LogP contribution is 2.31. The van der Waals surface area contributed by atoms with Crippen LogP contribution in [0.5, 0.6) is 0 Å². The fraction of sp³-hybridized carbons (Fsp3) is 0.348. The fourth-order valence-electron chi connectivity index (χ4n) is 4.05. The van der Waals surface area contributed by atoms with Gasteiger partial charge in [0.15, 0.2) is 0 Å². The Morgan fingerprint density at radius 1 is 1.07 bits per heavy atom. The average Bonchev–Trinajstić information content (AvgIpc) is 2.95. The van der Waals surface area contributed by atoms with E-state index in [1.807, 2.05) is 32.0 Å². The van der Waals surface area contributed by atoms with Crippen molar-refractivity contribution < 1.29 is 14.4 Å². The molecule has 2 aromatic rings. The second-order valence-electron chi connectivity index (χ2n) is 7.96. The minimum atomic E-state index is -0.388. The molecule has 7 heteroatoms. The maximum absolute atomic E-state index is 13.1. The number of nitrogens with one attached hydrogen (secondary N) is 2. The molecule has 4 rings (SSSR count). The topological polar surface area (TPSA) is 78.5 Å². The summed E-state index contributed by atoms with van der Waals surface area (Å²) in [6.07, 6.45) is 1.93. The number of halogens is 1. The summed E-state index contributed by atoms with van der Waals surface area (Å²) in [5.41, 5.74) is 3.41. The summed E-state index contributed by atoms with van der Waals surface area (Å²) < 4.78 is 0. The second-order valence-corrected chi connectivity index (χ2v) is 7.96. The van der Waals surface area contributed by atoms with Crippen molar-refractivity contribution >= 4 is 35.8 Å². The van der Waals surface area contributed by atoms with Crippen molar-refractivity contribution in [2.45, 2.75) is 45.7 Å². The average molecular weight is 428 g/mol. The Kier molecular flexibility index (Phi) is 6.29. The van der Waals surface area contributed by atoms with Gasteiger partial charge >= 0.3 is 0 Å². The van der Waals surface area contributed by atoms with Crippen molar-refractivity contribution in [3.05, 3.63) is 64.2 Å². The van der Waals surface area contributed by atoms with Crippen LogP contribution in [-0.4, -0.2) is 36.3 Å². The predicted molar refractivity (Wildman–Crippen MR) is 119 cm³/mol. The molecule has 2 aromatic carbocycles. The molecule has 2 heterocycles. The Labute approximate surface area is 182 Å². The van der Waals surface area contributed by atoms with Gasteiger partial charge in [-0.1, -0.05) is 12.1 Å². The van der Waals surface area contributed by atoms with E-state index in [1.165, 1.54) is 11.0 Å². The minimum absolute atomic E-state index is 0. The normalized spacial score (nSPS) is 20.6. The number of amides is 3. The van der Waals surface area contributed by atoms with Gasteiger partial charge in [-0.2, -0.15) is 0 Å². The van der Waals surface area contributed by atoms with Gasteiger partial charge in [0.25, 0.3) is 17.7 Å². The van der Waals surface area contributed by atoms with Crippen LogP contribution in [0.25, 0.3) is 0 Å². The highest BCUT2D eigenvalue weighted by molar-refractivity contribution is 6.35. The highest BCUT2D eigenvalue weighted by atomic mass is 35.5. The van der Waals surface area contributed by atoms with Gasteiger partial charge in [0.2, 0.25) is 0 Å². The lowest BCUT2D eigenvalue weighted by Gasteiger charge is -2.30. The van der Waals surface area contributed by atoms with Gasteiger partial charge in [-0.15, -0.1) is 12.4 Å². The van der Waals surface area contributed by atoms with E-state index in [0.29, 0.717) is 16.8 Å². The molecule has 1 fully saturated rings. The van der Waals surface area contributed by atoms with Gasteiger partial charge in [0.05, 0.1) is 16.8 Å². The van der Waals surface area contributed by atoms with E-state index >= 15 is 0 Å². The lowest BCUT2D eigenvalue weighted by Crippen LogP contribution is -2.51. The smallest absolute Gasteiger partial charge is 0.266 e. The number of fused-ring (bicyclic) bond motifs is 1. The minimum Gasteiger partial charge on any atom is -0.348 e. The maximum Gasteiger partial charge on any atom is 0.266 e. The Hall–Kier alpha value is -2.70. The van der Waals surface area contributed by atoms with Crippen LogP contribution in [0.15, 0.2) is 36.4 Å². The van der Waals surface area contributed by atoms with Gasteiger partial charge in [-0.25, -0.2) is 4.90 Å². The van der Waals surface area contributed by atoms with Gasteiger partial charge in [-0.3, -0.25) is 14.4 Å². The molecule has 2 aliphatic heterocycles. The summed E-state index contributed by atoms with van der Waals surface area (Å²) in [4.78, 5) is 39.9. The predicted octanol–water partition coefficient (Wildman–Crippen LogP) is 3.40. The van der Waals surface area contributed by atoms with Crippen molar-refractivity contribution in [3.8, 4) is 0 Å². The summed E-state index contributed by atoms with van der Waals surface area (Å²) in [5, 5.41) is 6.41. The fourth-order valence-corrected chi connectivity index (χ4v) is 4.05. The van der Waals surface area contributed by atoms with Crippen LogP contribution in [0, 0.1) is 13.8 Å². The summed E-state index contributed by atoms with van der Waals surface area (Å²) in [5.74, 6) is -0.962. The maximum atomic E-state index is 13.1. The third kappa shape index (κ3) is 3.85. The number of carbonyl (C=O) groups is 3. The number of hydrogen-bond acceptors (Lipinski definition) is 4. The molecule has 2 aliphatic rings. The first kappa shape index (κ1) is 22.0. The molecule has 0 aliphatic carbocycles. The van der Waals surface area contributed by atoms with Crippen molar-refractivity contribution in [2.24, 2.45) is 0 Å². The Balaban J connectivity index is 0.00000256. The quantitative estimate of drug-likeness (QED) is 0.736. The zero-order chi connectivity index (χ0) is 20.7. The standard InChI is InChI=1S/C23H25N3O3.ClH/c1-13-6-7-14(2)20(11-13)26-22(28)17-9-8-16(12-18(17)23(26)29)21(27)25-19-5-4-10-24-15(19)3;/h6-9,11-12,15,19,24H,4-5,10H2,1-3H3,(H,25,27);1H. The lowest BCUT2D eigenvalue weighted by atomic mass is 9.99. The van der Waals surface area contributed by atoms with E-state index in [2.05, 4.69) is 17.6 Å². The van der Waals surface area contributed by atoms with Crippen LogP contribution in [0.1, 0.15) is 62.0 Å². The van der Waals surface area contributed by atoms with Crippen LogP contribution in [-0.2, 0) is 0 Å². The van der Waals surface area contributed by atoms with Crippen molar-refractivity contribution in [1.29, 1.82) is 0 Å². The lowest BCUT2D eigenvalue weighted by molar-refractivity contribution is 0.0913. The zero-order valence-electron chi connectivity index (χ0n) is 17.3. The van der Waals surface area contributed by atoms with Crippen LogP contribution in [0.3, 0.4) is 0 Å². The van der Waals surface area contributed by atoms with Gasteiger partial charge in [-0.05, 0) is 75.5 Å². The van der Waals surface area contributed by atoms with Crippen LogP contribution in [0.4, 0.5) is 5.69 Å². The van der Waals surface area contributed by atoms with Crippen molar-refractivity contribution in [1.82, 2.24) is 10.6 Å². The van der Waals surface area contributed by atoms with Gasteiger partial charge in [0, 0.05) is 17.6 Å². The molecule has 0 aromatic heterocycles. The van der Waals surface area contributed by atoms with Crippen molar-refractivity contribution in [2.75, 3.05) is 11.4 Å². The number of rotatable bonds is 3. The molecular formula is C23H26ClN3O3. The molecule has 0 saturated carbocycles. The second kappa shape index (κ2) is 8.58.